The van der Waals surface area contributed by atoms with E-state index in [4.69, 9.17) is 5.11 Å². The van der Waals surface area contributed by atoms with Crippen molar-refractivity contribution in [3.05, 3.63) is 0 Å². The van der Waals surface area contributed by atoms with Crippen molar-refractivity contribution in [3.8, 4) is 0 Å². The second-order valence-corrected chi connectivity index (χ2v) is 3.80. The summed E-state index contributed by atoms with van der Waals surface area (Å²) in [6.07, 6.45) is 0.495. The van der Waals surface area contributed by atoms with Gasteiger partial charge in [0, 0.05) is 19.0 Å². The van der Waals surface area contributed by atoms with Gasteiger partial charge in [-0.25, -0.2) is 0 Å². The smallest absolute Gasteiger partial charge is 0.307 e. The first-order chi connectivity index (χ1) is 6.00. The Hall–Kier alpha value is -0.900. The average Bonchev–Trinajstić information content (AvgIpc) is 2.03. The van der Waals surface area contributed by atoms with Crippen LogP contribution in [-0.4, -0.2) is 41.9 Å². The Morgan fingerprint density at radius 3 is 2.31 bits per heavy atom. The molecule has 1 N–H and O–H groups in total. The van der Waals surface area contributed by atoms with E-state index in [2.05, 4.69) is 0 Å². The fraction of sp³-hybridized carbons (Fsp3) is 0.778. The van der Waals surface area contributed by atoms with Crippen molar-refractivity contribution in [1.82, 2.24) is 4.90 Å². The number of carboxylic acid groups (broad SMARTS) is 1. The van der Waals surface area contributed by atoms with Crippen molar-refractivity contribution in [2.75, 3.05) is 20.1 Å². The number of nitrogens with zero attached hydrogens (tertiary/aromatic N) is 1. The summed E-state index contributed by atoms with van der Waals surface area (Å²) in [5, 5.41) is 8.82. The van der Waals surface area contributed by atoms with Crippen LogP contribution in [0.5, 0.6) is 0 Å². The van der Waals surface area contributed by atoms with E-state index < -0.39 is 5.97 Å². The maximum Gasteiger partial charge on any atom is 0.307 e. The number of likely N-dealkylation sites (tertiary alicyclic amines) is 1. The van der Waals surface area contributed by atoms with Crippen molar-refractivity contribution in [2.45, 2.75) is 13.3 Å². The lowest BCUT2D eigenvalue weighted by molar-refractivity contribution is -0.144. The summed E-state index contributed by atoms with van der Waals surface area (Å²) < 4.78 is 0. The number of carbonyl (C=O) groups is 2. The number of Topliss-reactive ketones (excluding diaryl/α,β-unsaturated/α-hetero) is 1. The number of rotatable bonds is 2. The van der Waals surface area contributed by atoms with Crippen molar-refractivity contribution in [2.24, 2.45) is 11.8 Å². The first-order valence-corrected chi connectivity index (χ1v) is 4.42. The van der Waals surface area contributed by atoms with Gasteiger partial charge < -0.3 is 10.0 Å². The Bertz CT molecular complexity index is 205. The summed E-state index contributed by atoms with van der Waals surface area (Å²) in [5.74, 6) is -1.18. The molecule has 0 aliphatic carbocycles. The molecule has 1 saturated heterocycles. The molecular formula is C9H15NO3. The molecule has 0 unspecified atom stereocenters. The molecule has 1 aliphatic heterocycles. The summed E-state index contributed by atoms with van der Waals surface area (Å²) in [6, 6.07) is 0. The predicted octanol–water partition coefficient (Wildman–Crippen LogP) is 0.228. The first-order valence-electron chi connectivity index (χ1n) is 4.42. The molecule has 0 aromatic heterocycles. The number of carboxylic acids is 1. The minimum absolute atomic E-state index is 0.0952. The van der Waals surface area contributed by atoms with Crippen LogP contribution < -0.4 is 0 Å². The summed E-state index contributed by atoms with van der Waals surface area (Å²) in [6.45, 7) is 2.78. The highest BCUT2D eigenvalue weighted by Gasteiger charge is 2.31. The Balaban J connectivity index is 2.62. The molecule has 13 heavy (non-hydrogen) atoms. The molecule has 4 nitrogen and oxygen atoms in total. The highest BCUT2D eigenvalue weighted by molar-refractivity contribution is 5.80. The lowest BCUT2D eigenvalue weighted by atomic mass is 9.87. The topological polar surface area (TPSA) is 57.6 Å². The van der Waals surface area contributed by atoms with Crippen molar-refractivity contribution >= 4 is 11.8 Å². The zero-order valence-electron chi connectivity index (χ0n) is 7.99. The Labute approximate surface area is 77.5 Å². The molecule has 4 heteroatoms. The monoisotopic (exact) mass is 185 g/mol. The maximum atomic E-state index is 11.1. The van der Waals surface area contributed by atoms with E-state index >= 15 is 0 Å². The van der Waals surface area contributed by atoms with Gasteiger partial charge in [0.1, 0.15) is 5.78 Å². The molecule has 2 atom stereocenters. The first kappa shape index (κ1) is 10.2. The molecule has 0 aromatic rings. The molecule has 0 bridgehead atoms. The van der Waals surface area contributed by atoms with Crippen LogP contribution in [0.3, 0.4) is 0 Å². The number of piperidine rings is 1. The second-order valence-electron chi connectivity index (χ2n) is 3.80. The van der Waals surface area contributed by atoms with E-state index in [0.717, 1.165) is 0 Å². The quantitative estimate of drug-likeness (QED) is 0.669. The van der Waals surface area contributed by atoms with E-state index in [-0.39, 0.29) is 17.6 Å². The minimum atomic E-state index is -0.794. The van der Waals surface area contributed by atoms with Crippen LogP contribution in [0.1, 0.15) is 13.3 Å². The number of hydrogen-bond donors (Lipinski definition) is 1. The molecule has 1 heterocycles. The third-order valence-corrected chi connectivity index (χ3v) is 2.56. The molecule has 1 rings (SSSR count). The van der Waals surface area contributed by atoms with Crippen LogP contribution in [0.2, 0.25) is 0 Å². The van der Waals surface area contributed by atoms with E-state index in [9.17, 15) is 9.59 Å². The van der Waals surface area contributed by atoms with Crippen LogP contribution in [0.25, 0.3) is 0 Å². The summed E-state index contributed by atoms with van der Waals surface area (Å²) in [7, 11) is 1.85. The maximum absolute atomic E-state index is 11.1. The number of carbonyl (C=O) groups excluding carboxylic acids is 1. The van der Waals surface area contributed by atoms with Crippen molar-refractivity contribution < 1.29 is 14.7 Å². The highest BCUT2D eigenvalue weighted by atomic mass is 16.4. The minimum Gasteiger partial charge on any atom is -0.481 e. The van der Waals surface area contributed by atoms with Gasteiger partial charge in [-0.2, -0.15) is 0 Å². The average molecular weight is 185 g/mol. The highest BCUT2D eigenvalue weighted by Crippen LogP contribution is 2.21. The molecule has 1 aliphatic rings. The van der Waals surface area contributed by atoms with Crippen LogP contribution in [0, 0.1) is 11.8 Å². The van der Waals surface area contributed by atoms with Gasteiger partial charge in [0.2, 0.25) is 0 Å². The van der Waals surface area contributed by atoms with Crippen LogP contribution in [0.15, 0.2) is 0 Å². The largest absolute Gasteiger partial charge is 0.481 e. The van der Waals surface area contributed by atoms with Gasteiger partial charge >= 0.3 is 5.97 Å². The van der Waals surface area contributed by atoms with Crippen LogP contribution >= 0.6 is 0 Å². The lowest BCUT2D eigenvalue weighted by Crippen LogP contribution is -2.43. The van der Waals surface area contributed by atoms with Crippen molar-refractivity contribution in [3.63, 3.8) is 0 Å². The molecule has 0 radical (unpaired) electrons. The molecular weight excluding hydrogens is 170 g/mol. The third kappa shape index (κ3) is 2.52. The van der Waals surface area contributed by atoms with E-state index in [1.807, 2.05) is 11.9 Å². The standard InChI is InChI=1S/C9H15NO3/c1-6(11)7-3-8(9(12)13)5-10(2)4-7/h7-8H,3-5H2,1-2H3,(H,12,13)/t7-,8+/m0/s1. The third-order valence-electron chi connectivity index (χ3n) is 2.56. The van der Waals surface area contributed by atoms with Crippen LogP contribution in [-0.2, 0) is 9.59 Å². The van der Waals surface area contributed by atoms with Gasteiger partial charge in [-0.15, -0.1) is 0 Å². The molecule has 0 amide bonds. The second kappa shape index (κ2) is 3.87. The zero-order chi connectivity index (χ0) is 10.0. The molecule has 74 valence electrons. The molecule has 0 aromatic carbocycles. The van der Waals surface area contributed by atoms with Gasteiger partial charge in [-0.05, 0) is 20.4 Å². The Kier molecular flexibility index (Phi) is 3.03. The molecule has 0 saturated carbocycles. The van der Waals surface area contributed by atoms with Gasteiger partial charge in [-0.3, -0.25) is 9.59 Å². The van der Waals surface area contributed by atoms with E-state index in [1.54, 1.807) is 0 Å². The normalized spacial score (nSPS) is 30.0. The Morgan fingerprint density at radius 1 is 1.31 bits per heavy atom. The van der Waals surface area contributed by atoms with Gasteiger partial charge in [0.05, 0.1) is 5.92 Å². The van der Waals surface area contributed by atoms with Crippen LogP contribution in [0.4, 0.5) is 0 Å². The number of aliphatic carboxylic acids is 1. The fourth-order valence-corrected chi connectivity index (χ4v) is 1.79. The predicted molar refractivity (Wildman–Crippen MR) is 47.4 cm³/mol. The SMILES string of the molecule is CC(=O)[C@H]1C[C@@H](C(=O)O)CN(C)C1. The lowest BCUT2D eigenvalue weighted by Gasteiger charge is -2.32. The fourth-order valence-electron chi connectivity index (χ4n) is 1.79. The summed E-state index contributed by atoms with van der Waals surface area (Å²) in [5.41, 5.74) is 0. The van der Waals surface area contributed by atoms with E-state index in [0.29, 0.717) is 19.5 Å². The molecule has 0 spiro atoms. The summed E-state index contributed by atoms with van der Waals surface area (Å²) in [4.78, 5) is 23.7. The summed E-state index contributed by atoms with van der Waals surface area (Å²) >= 11 is 0. The van der Waals surface area contributed by atoms with E-state index in [1.165, 1.54) is 6.92 Å². The molecule has 1 fully saturated rings. The number of ketones is 1. The Morgan fingerprint density at radius 2 is 1.85 bits per heavy atom. The van der Waals surface area contributed by atoms with Gasteiger partial charge in [0.15, 0.2) is 0 Å². The zero-order valence-corrected chi connectivity index (χ0v) is 7.99. The number of hydrogen-bond acceptors (Lipinski definition) is 3. The van der Waals surface area contributed by atoms with Crippen molar-refractivity contribution in [1.29, 1.82) is 0 Å². The van der Waals surface area contributed by atoms with Gasteiger partial charge in [-0.1, -0.05) is 0 Å². The van der Waals surface area contributed by atoms with Gasteiger partial charge in [0.25, 0.3) is 0 Å².